The molecule has 0 amide bonds. The van der Waals surface area contributed by atoms with Crippen molar-refractivity contribution in [2.24, 2.45) is 0 Å². The molecule has 0 N–H and O–H groups in total. The molecule has 6 nitrogen and oxygen atoms in total. The maximum atomic E-state index is 8.89. The molecule has 0 fully saturated rings. The normalized spacial score (nSPS) is 14.1. The molecular formula is C24H11N3O3. The van der Waals surface area contributed by atoms with Gasteiger partial charge in [0.05, 0.1) is 12.6 Å². The number of benzene rings is 3. The zero-order valence-corrected chi connectivity index (χ0v) is 15.4. The minimum atomic E-state index is 0.0225. The predicted octanol–water partition coefficient (Wildman–Crippen LogP) is 6.81. The van der Waals surface area contributed by atoms with Crippen LogP contribution in [0, 0.1) is 17.9 Å². The van der Waals surface area contributed by atoms with Crippen molar-refractivity contribution >= 4 is 23.1 Å². The summed E-state index contributed by atoms with van der Waals surface area (Å²) >= 11 is 0. The Morgan fingerprint density at radius 1 is 0.867 bits per heavy atom. The molecule has 6 heteroatoms. The Morgan fingerprint density at radius 2 is 1.37 bits per heavy atom. The third kappa shape index (κ3) is 2.16. The fourth-order valence-corrected chi connectivity index (χ4v) is 3.89. The van der Waals surface area contributed by atoms with Gasteiger partial charge in [-0.1, -0.05) is 24.3 Å². The van der Waals surface area contributed by atoms with E-state index in [-0.39, 0.29) is 5.70 Å². The molecule has 140 valence electrons. The van der Waals surface area contributed by atoms with Crippen molar-refractivity contribution in [3.63, 3.8) is 0 Å². The minimum absolute atomic E-state index is 0.0225. The highest BCUT2D eigenvalue weighted by Gasteiger charge is 2.41. The van der Waals surface area contributed by atoms with E-state index < -0.39 is 0 Å². The smallest absolute Gasteiger partial charge is 0.261 e. The fourth-order valence-electron chi connectivity index (χ4n) is 3.89. The Labute approximate surface area is 171 Å². The van der Waals surface area contributed by atoms with Crippen molar-refractivity contribution in [1.29, 1.82) is 5.26 Å². The number of nitriles is 1. The van der Waals surface area contributed by atoms with Gasteiger partial charge in [0.25, 0.3) is 5.70 Å². The van der Waals surface area contributed by atoms with E-state index >= 15 is 0 Å². The lowest BCUT2D eigenvalue weighted by Gasteiger charge is -2.41. The Hall–Kier alpha value is -4.68. The van der Waals surface area contributed by atoms with Crippen LogP contribution in [0.3, 0.4) is 0 Å². The molecule has 0 atom stereocenters. The van der Waals surface area contributed by atoms with Crippen LogP contribution in [0.5, 0.6) is 34.5 Å². The van der Waals surface area contributed by atoms with E-state index in [2.05, 4.69) is 9.74 Å². The average Bonchev–Trinajstić information content (AvgIpc) is 2.76. The first-order chi connectivity index (χ1) is 14.8. The lowest BCUT2D eigenvalue weighted by atomic mass is 10.0. The summed E-state index contributed by atoms with van der Waals surface area (Å²) in [6.45, 7) is 6.97. The van der Waals surface area contributed by atoms with Crippen molar-refractivity contribution in [2.75, 3.05) is 4.90 Å². The number of nitrogens with zero attached hydrogens (tertiary/aromatic N) is 3. The summed E-state index contributed by atoms with van der Waals surface area (Å²) in [6.07, 6.45) is 4.96. The maximum Gasteiger partial charge on any atom is 0.261 e. The maximum absolute atomic E-state index is 8.89. The first-order valence-electron chi connectivity index (χ1n) is 9.20. The summed E-state index contributed by atoms with van der Waals surface area (Å²) in [5.41, 5.74) is 3.39. The van der Waals surface area contributed by atoms with E-state index in [0.717, 1.165) is 34.1 Å². The molecule has 0 saturated heterocycles. The zero-order chi connectivity index (χ0) is 20.2. The summed E-state index contributed by atoms with van der Waals surface area (Å²) < 4.78 is 18.5. The first kappa shape index (κ1) is 16.3. The first-order valence-corrected chi connectivity index (χ1v) is 9.20. The molecule has 3 aromatic rings. The number of anilines is 3. The topological polar surface area (TPSA) is 59.1 Å². The second kappa shape index (κ2) is 5.91. The van der Waals surface area contributed by atoms with Crippen molar-refractivity contribution in [1.82, 2.24) is 0 Å². The van der Waals surface area contributed by atoms with E-state index in [1.807, 2.05) is 60.7 Å². The molecule has 0 bridgehead atoms. The second-order valence-electron chi connectivity index (χ2n) is 6.85. The van der Waals surface area contributed by atoms with Gasteiger partial charge in [-0.05, 0) is 48.0 Å². The molecule has 0 aliphatic carbocycles. The van der Waals surface area contributed by atoms with Crippen LogP contribution in [0.4, 0.5) is 17.1 Å². The highest BCUT2D eigenvalue weighted by molar-refractivity contribution is 5.99. The van der Waals surface area contributed by atoms with Gasteiger partial charge < -0.3 is 14.2 Å². The third-order valence-electron chi connectivity index (χ3n) is 5.09. The quantitative estimate of drug-likeness (QED) is 0.185. The molecule has 30 heavy (non-hydrogen) atoms. The largest absolute Gasteiger partial charge is 0.453 e. The highest BCUT2D eigenvalue weighted by Crippen LogP contribution is 2.66. The number of hydrogen-bond acceptors (Lipinski definition) is 5. The van der Waals surface area contributed by atoms with Crippen molar-refractivity contribution in [3.05, 3.63) is 83.4 Å². The molecule has 0 aromatic heterocycles. The van der Waals surface area contributed by atoms with Crippen LogP contribution >= 0.6 is 0 Å². The van der Waals surface area contributed by atoms with Crippen molar-refractivity contribution < 1.29 is 14.2 Å². The molecule has 0 unspecified atom stereocenters. The molecule has 0 saturated carbocycles. The molecule has 3 aliphatic heterocycles. The van der Waals surface area contributed by atoms with Gasteiger partial charge in [0, 0.05) is 0 Å². The van der Waals surface area contributed by atoms with Gasteiger partial charge in [0.1, 0.15) is 17.1 Å². The van der Waals surface area contributed by atoms with Crippen molar-refractivity contribution in [2.45, 2.75) is 0 Å². The van der Waals surface area contributed by atoms with E-state index in [9.17, 15) is 0 Å². The summed E-state index contributed by atoms with van der Waals surface area (Å²) in [6, 6.07) is 17.1. The van der Waals surface area contributed by atoms with E-state index in [1.165, 1.54) is 6.08 Å². The van der Waals surface area contributed by atoms with E-state index in [4.69, 9.17) is 26.0 Å². The monoisotopic (exact) mass is 389 g/mol. The van der Waals surface area contributed by atoms with Gasteiger partial charge in [-0.15, -0.1) is 0 Å². The second-order valence-corrected chi connectivity index (χ2v) is 6.85. The minimum Gasteiger partial charge on any atom is -0.453 e. The third-order valence-corrected chi connectivity index (χ3v) is 5.09. The molecule has 0 spiro atoms. The van der Waals surface area contributed by atoms with Crippen LogP contribution in [0.25, 0.3) is 10.9 Å². The predicted molar refractivity (Wildman–Crippen MR) is 111 cm³/mol. The van der Waals surface area contributed by atoms with Crippen LogP contribution in [0.1, 0.15) is 5.56 Å². The van der Waals surface area contributed by atoms with E-state index in [1.54, 1.807) is 6.08 Å². The lowest BCUT2D eigenvalue weighted by molar-refractivity contribution is 0.418. The number of allylic oxidation sites excluding steroid dienone is 3. The summed E-state index contributed by atoms with van der Waals surface area (Å²) in [5.74, 6) is 4.19. The Kier molecular flexibility index (Phi) is 3.21. The lowest BCUT2D eigenvalue weighted by Crippen LogP contribution is -2.23. The SMILES string of the molecule is [C-]#[N+]/C(C#N)=C\C=C\c1cc2c3c(c1)Oc1cccc4c1N3c1c(cccc1O2)O4. The Balaban J connectivity index is 1.55. The Bertz CT molecular complexity index is 1310. The zero-order valence-electron chi connectivity index (χ0n) is 15.4. The summed E-state index contributed by atoms with van der Waals surface area (Å²) in [4.78, 5) is 5.29. The van der Waals surface area contributed by atoms with Crippen LogP contribution in [0.2, 0.25) is 0 Å². The van der Waals surface area contributed by atoms with Gasteiger partial charge in [-0.25, -0.2) is 10.1 Å². The molecule has 3 heterocycles. The average molecular weight is 389 g/mol. The summed E-state index contributed by atoms with van der Waals surface area (Å²) in [7, 11) is 0. The van der Waals surface area contributed by atoms with Gasteiger partial charge in [-0.3, -0.25) is 4.90 Å². The van der Waals surface area contributed by atoms with Gasteiger partial charge >= 0.3 is 0 Å². The van der Waals surface area contributed by atoms with Crippen molar-refractivity contribution in [3.8, 4) is 40.6 Å². The molecule has 6 rings (SSSR count). The number of ether oxygens (including phenoxy) is 3. The summed E-state index contributed by atoms with van der Waals surface area (Å²) in [5, 5.41) is 8.89. The van der Waals surface area contributed by atoms with Crippen LogP contribution in [0.15, 0.2) is 66.4 Å². The standard InChI is InChI=1S/C24H11N3O3/c1-26-15(13-25)6-2-5-14-11-20-24-21(12-14)30-19-10-4-8-17-23(19)27(24)22-16(28-17)7-3-9-18(22)29-20/h2-12H/b5-2+,15-6-. The molecular weight excluding hydrogens is 378 g/mol. The van der Waals surface area contributed by atoms with E-state index in [0.29, 0.717) is 23.0 Å². The molecule has 3 aromatic carbocycles. The van der Waals surface area contributed by atoms with Gasteiger partial charge in [0.2, 0.25) is 0 Å². The molecule has 0 radical (unpaired) electrons. The Morgan fingerprint density at radius 3 is 1.87 bits per heavy atom. The van der Waals surface area contributed by atoms with Gasteiger partial charge in [0.15, 0.2) is 34.5 Å². The number of para-hydroxylation sites is 2. The van der Waals surface area contributed by atoms with Gasteiger partial charge in [-0.2, -0.15) is 0 Å². The van der Waals surface area contributed by atoms with Crippen LogP contribution < -0.4 is 19.1 Å². The van der Waals surface area contributed by atoms with Crippen LogP contribution in [-0.2, 0) is 0 Å². The number of hydrogen-bond donors (Lipinski definition) is 0. The molecule has 3 aliphatic rings. The van der Waals surface area contributed by atoms with Crippen LogP contribution in [-0.4, -0.2) is 0 Å². The fraction of sp³-hybridized carbons (Fsp3) is 0. The number of rotatable bonds is 2. The highest BCUT2D eigenvalue weighted by atomic mass is 16.5.